The van der Waals surface area contributed by atoms with Gasteiger partial charge in [0.1, 0.15) is 0 Å². The number of rotatable bonds is 7. The van der Waals surface area contributed by atoms with Crippen molar-refractivity contribution in [1.29, 1.82) is 0 Å². The Bertz CT molecular complexity index is 127. The van der Waals surface area contributed by atoms with Crippen LogP contribution in [0.5, 0.6) is 0 Å². The molecule has 0 radical (unpaired) electrons. The average molecular weight is 185 g/mol. The van der Waals surface area contributed by atoms with Crippen molar-refractivity contribution in [3.05, 3.63) is 12.7 Å². The third kappa shape index (κ3) is 11.7. The molecule has 2 heteroatoms. The van der Waals surface area contributed by atoms with E-state index in [1.165, 1.54) is 6.42 Å². The second kappa shape index (κ2) is 7.10. The number of nitrogens with one attached hydrogen (secondary N) is 1. The van der Waals surface area contributed by atoms with Crippen LogP contribution in [0.4, 0.5) is 0 Å². The van der Waals surface area contributed by atoms with E-state index >= 15 is 0 Å². The van der Waals surface area contributed by atoms with Crippen molar-refractivity contribution < 1.29 is 4.74 Å². The van der Waals surface area contributed by atoms with Gasteiger partial charge in [-0.3, -0.25) is 0 Å². The van der Waals surface area contributed by atoms with Gasteiger partial charge in [0.25, 0.3) is 0 Å². The van der Waals surface area contributed by atoms with E-state index in [0.29, 0.717) is 12.0 Å². The number of hydrogen-bond acceptors (Lipinski definition) is 2. The standard InChI is InChI=1S/C11H23NO/c1-5-9-13-10-8-12-7-6-11(2,3)4/h5,12H,1,6-10H2,2-4H3. The molecule has 0 rings (SSSR count). The predicted molar refractivity (Wildman–Crippen MR) is 58.0 cm³/mol. The highest BCUT2D eigenvalue weighted by atomic mass is 16.5. The van der Waals surface area contributed by atoms with Crippen molar-refractivity contribution in [1.82, 2.24) is 5.32 Å². The lowest BCUT2D eigenvalue weighted by Gasteiger charge is -2.17. The quantitative estimate of drug-likeness (QED) is 0.485. The molecule has 1 N–H and O–H groups in total. The zero-order valence-corrected chi connectivity index (χ0v) is 9.23. The number of hydrogen-bond donors (Lipinski definition) is 1. The van der Waals surface area contributed by atoms with Gasteiger partial charge < -0.3 is 10.1 Å². The molecule has 0 aliphatic rings. The first-order valence-corrected chi connectivity index (χ1v) is 4.95. The van der Waals surface area contributed by atoms with Crippen LogP contribution in [0.15, 0.2) is 12.7 Å². The van der Waals surface area contributed by atoms with E-state index < -0.39 is 0 Å². The largest absolute Gasteiger partial charge is 0.376 e. The summed E-state index contributed by atoms with van der Waals surface area (Å²) in [5.41, 5.74) is 0.426. The molecule has 0 aromatic carbocycles. The van der Waals surface area contributed by atoms with Gasteiger partial charge in [-0.05, 0) is 18.4 Å². The van der Waals surface area contributed by atoms with Gasteiger partial charge in [0.2, 0.25) is 0 Å². The van der Waals surface area contributed by atoms with Crippen molar-refractivity contribution >= 4 is 0 Å². The summed E-state index contributed by atoms with van der Waals surface area (Å²) in [6, 6.07) is 0. The lowest BCUT2D eigenvalue weighted by atomic mass is 9.92. The van der Waals surface area contributed by atoms with E-state index in [1.54, 1.807) is 6.08 Å². The summed E-state index contributed by atoms with van der Waals surface area (Å²) in [7, 11) is 0. The zero-order valence-electron chi connectivity index (χ0n) is 9.23. The summed E-state index contributed by atoms with van der Waals surface area (Å²) in [6.45, 7) is 13.8. The van der Waals surface area contributed by atoms with Gasteiger partial charge in [-0.15, -0.1) is 6.58 Å². The molecule has 0 amide bonds. The summed E-state index contributed by atoms with van der Waals surface area (Å²) < 4.78 is 5.23. The molecule has 78 valence electrons. The maximum Gasteiger partial charge on any atom is 0.0645 e. The van der Waals surface area contributed by atoms with E-state index in [1.807, 2.05) is 0 Å². The first kappa shape index (κ1) is 12.7. The molecule has 0 fully saturated rings. The highest BCUT2D eigenvalue weighted by Crippen LogP contribution is 2.16. The van der Waals surface area contributed by atoms with Gasteiger partial charge in [0.15, 0.2) is 0 Å². The molecular formula is C11H23NO. The first-order chi connectivity index (χ1) is 6.06. The van der Waals surface area contributed by atoms with E-state index in [9.17, 15) is 0 Å². The first-order valence-electron chi connectivity index (χ1n) is 4.95. The summed E-state index contributed by atoms with van der Waals surface area (Å²) >= 11 is 0. The van der Waals surface area contributed by atoms with Gasteiger partial charge in [0, 0.05) is 6.54 Å². The third-order valence-corrected chi connectivity index (χ3v) is 1.71. The Hall–Kier alpha value is -0.340. The van der Waals surface area contributed by atoms with Crippen LogP contribution in [-0.2, 0) is 4.74 Å². The predicted octanol–water partition coefficient (Wildman–Crippen LogP) is 2.21. The minimum Gasteiger partial charge on any atom is -0.376 e. The topological polar surface area (TPSA) is 21.3 Å². The molecule has 0 saturated heterocycles. The normalized spacial score (nSPS) is 11.6. The van der Waals surface area contributed by atoms with E-state index in [2.05, 4.69) is 32.7 Å². The maximum atomic E-state index is 5.23. The zero-order chi connectivity index (χ0) is 10.2. The minimum absolute atomic E-state index is 0.426. The van der Waals surface area contributed by atoms with E-state index in [0.717, 1.165) is 19.7 Å². The van der Waals surface area contributed by atoms with Crippen molar-refractivity contribution in [2.45, 2.75) is 27.2 Å². The fraction of sp³-hybridized carbons (Fsp3) is 0.818. The molecule has 13 heavy (non-hydrogen) atoms. The van der Waals surface area contributed by atoms with Gasteiger partial charge >= 0.3 is 0 Å². The lowest BCUT2D eigenvalue weighted by Crippen LogP contribution is -2.24. The molecule has 0 bridgehead atoms. The second-order valence-electron chi connectivity index (χ2n) is 4.42. The van der Waals surface area contributed by atoms with Crippen molar-refractivity contribution in [2.24, 2.45) is 5.41 Å². The molecule has 2 nitrogen and oxygen atoms in total. The molecule has 0 spiro atoms. The molecule has 0 atom stereocenters. The molecule has 0 heterocycles. The van der Waals surface area contributed by atoms with Gasteiger partial charge in [-0.25, -0.2) is 0 Å². The van der Waals surface area contributed by atoms with Crippen LogP contribution in [0.2, 0.25) is 0 Å². The smallest absolute Gasteiger partial charge is 0.0645 e. The van der Waals surface area contributed by atoms with Crippen LogP contribution in [0.25, 0.3) is 0 Å². The molecule has 0 aliphatic carbocycles. The summed E-state index contributed by atoms with van der Waals surface area (Å²) in [5.74, 6) is 0. The Morgan fingerprint density at radius 3 is 2.54 bits per heavy atom. The van der Waals surface area contributed by atoms with Gasteiger partial charge in [0.05, 0.1) is 13.2 Å². The minimum atomic E-state index is 0.426. The van der Waals surface area contributed by atoms with E-state index in [-0.39, 0.29) is 0 Å². The van der Waals surface area contributed by atoms with Gasteiger partial charge in [-0.2, -0.15) is 0 Å². The van der Waals surface area contributed by atoms with Gasteiger partial charge in [-0.1, -0.05) is 26.8 Å². The summed E-state index contributed by atoms with van der Waals surface area (Å²) in [4.78, 5) is 0. The van der Waals surface area contributed by atoms with Crippen LogP contribution in [0.1, 0.15) is 27.2 Å². The average Bonchev–Trinajstić information content (AvgIpc) is 2.01. The van der Waals surface area contributed by atoms with Crippen LogP contribution < -0.4 is 5.32 Å². The molecule has 0 aromatic rings. The van der Waals surface area contributed by atoms with Crippen molar-refractivity contribution in [3.63, 3.8) is 0 Å². The molecular weight excluding hydrogens is 162 g/mol. The van der Waals surface area contributed by atoms with Crippen molar-refractivity contribution in [3.8, 4) is 0 Å². The lowest BCUT2D eigenvalue weighted by molar-refractivity contribution is 0.163. The van der Waals surface area contributed by atoms with Crippen LogP contribution in [-0.4, -0.2) is 26.3 Å². The Labute approximate surface area is 82.4 Å². The Kier molecular flexibility index (Phi) is 6.92. The highest BCUT2D eigenvalue weighted by Gasteiger charge is 2.08. The molecule has 0 saturated carbocycles. The van der Waals surface area contributed by atoms with Crippen molar-refractivity contribution in [2.75, 3.05) is 26.3 Å². The van der Waals surface area contributed by atoms with E-state index in [4.69, 9.17) is 4.74 Å². The number of ether oxygens (including phenoxy) is 1. The Morgan fingerprint density at radius 1 is 1.31 bits per heavy atom. The fourth-order valence-electron chi connectivity index (χ4n) is 0.899. The fourth-order valence-corrected chi connectivity index (χ4v) is 0.899. The highest BCUT2D eigenvalue weighted by molar-refractivity contribution is 4.65. The van der Waals surface area contributed by atoms with Crippen LogP contribution in [0.3, 0.4) is 0 Å². The summed E-state index contributed by atoms with van der Waals surface area (Å²) in [5, 5.41) is 3.34. The third-order valence-electron chi connectivity index (χ3n) is 1.71. The Morgan fingerprint density at radius 2 is 2.00 bits per heavy atom. The molecule has 0 aliphatic heterocycles. The summed E-state index contributed by atoms with van der Waals surface area (Å²) in [6.07, 6.45) is 2.98. The monoisotopic (exact) mass is 185 g/mol. The SMILES string of the molecule is C=CCOCCNCCC(C)(C)C. The second-order valence-corrected chi connectivity index (χ2v) is 4.42. The molecule has 0 aromatic heterocycles. The van der Waals surface area contributed by atoms with Crippen LogP contribution >= 0.6 is 0 Å². The van der Waals surface area contributed by atoms with Crippen LogP contribution in [0, 0.1) is 5.41 Å². The Balaban J connectivity index is 3.04. The molecule has 0 unspecified atom stereocenters. The maximum absolute atomic E-state index is 5.23.